The molecule has 1 N–H and O–H groups in total. The molecule has 5 nitrogen and oxygen atoms in total. The van der Waals surface area contributed by atoms with Crippen molar-refractivity contribution in [3.63, 3.8) is 0 Å². The van der Waals surface area contributed by atoms with E-state index in [1.165, 1.54) is 6.42 Å². The van der Waals surface area contributed by atoms with E-state index in [9.17, 15) is 14.7 Å². The highest BCUT2D eigenvalue weighted by Gasteiger charge is 2.52. The number of carboxylic acid groups (broad SMARTS) is 1. The first-order chi connectivity index (χ1) is 10.7. The van der Waals surface area contributed by atoms with Crippen molar-refractivity contribution < 1.29 is 19.4 Å². The molecule has 1 unspecified atom stereocenters. The van der Waals surface area contributed by atoms with E-state index in [4.69, 9.17) is 4.74 Å². The van der Waals surface area contributed by atoms with Crippen LogP contribution in [0.3, 0.4) is 0 Å². The maximum absolute atomic E-state index is 12.3. The van der Waals surface area contributed by atoms with Gasteiger partial charge in [-0.1, -0.05) is 26.2 Å². The Hall–Kier alpha value is -1.26. The third kappa shape index (κ3) is 3.99. The molecule has 1 heterocycles. The smallest absolute Gasteiger partial charge is 0.410 e. The number of carboxylic acids is 1. The molecule has 2 aliphatic rings. The molecular weight excluding hydrogens is 294 g/mol. The number of carbonyl (C=O) groups is 2. The molecule has 1 aliphatic carbocycles. The van der Waals surface area contributed by atoms with E-state index in [2.05, 4.69) is 6.92 Å². The van der Waals surface area contributed by atoms with Crippen LogP contribution in [0, 0.1) is 17.3 Å². The molecule has 1 atom stereocenters. The van der Waals surface area contributed by atoms with E-state index >= 15 is 0 Å². The molecular formula is C18H31NO4. The van der Waals surface area contributed by atoms with Gasteiger partial charge in [0.15, 0.2) is 0 Å². The maximum Gasteiger partial charge on any atom is 0.410 e. The maximum atomic E-state index is 12.3. The fourth-order valence-corrected chi connectivity index (χ4v) is 4.12. The van der Waals surface area contributed by atoms with Crippen molar-refractivity contribution in [2.75, 3.05) is 13.1 Å². The number of carbonyl (C=O) groups excluding carboxylic acids is 1. The highest BCUT2D eigenvalue weighted by molar-refractivity contribution is 5.78. The molecule has 0 aromatic heterocycles. The molecule has 0 radical (unpaired) electrons. The average Bonchev–Trinajstić information content (AvgIpc) is 2.92. The summed E-state index contributed by atoms with van der Waals surface area (Å²) in [4.78, 5) is 25.9. The van der Waals surface area contributed by atoms with Gasteiger partial charge in [0.1, 0.15) is 5.60 Å². The van der Waals surface area contributed by atoms with Crippen molar-refractivity contribution in [1.29, 1.82) is 0 Å². The molecule has 2 rings (SSSR count). The van der Waals surface area contributed by atoms with Gasteiger partial charge in [-0.2, -0.15) is 0 Å². The van der Waals surface area contributed by atoms with Gasteiger partial charge in [0.05, 0.1) is 5.41 Å². The van der Waals surface area contributed by atoms with Crippen molar-refractivity contribution in [2.45, 2.75) is 71.8 Å². The van der Waals surface area contributed by atoms with E-state index < -0.39 is 17.0 Å². The summed E-state index contributed by atoms with van der Waals surface area (Å²) in [7, 11) is 0. The predicted octanol–water partition coefficient (Wildman–Crippen LogP) is 3.91. The van der Waals surface area contributed by atoms with Gasteiger partial charge in [-0.25, -0.2) is 4.79 Å². The second kappa shape index (κ2) is 6.70. The van der Waals surface area contributed by atoms with Crippen LogP contribution in [0.4, 0.5) is 4.79 Å². The molecule has 1 aliphatic heterocycles. The normalized spacial score (nSPS) is 31.9. The van der Waals surface area contributed by atoms with Crippen molar-refractivity contribution in [1.82, 2.24) is 4.90 Å². The second-order valence-electron chi connectivity index (χ2n) is 8.24. The zero-order valence-corrected chi connectivity index (χ0v) is 14.9. The van der Waals surface area contributed by atoms with E-state index in [1.807, 2.05) is 20.8 Å². The fourth-order valence-electron chi connectivity index (χ4n) is 4.12. The van der Waals surface area contributed by atoms with Crippen LogP contribution in [0.15, 0.2) is 0 Å². The van der Waals surface area contributed by atoms with Crippen LogP contribution in [0.2, 0.25) is 0 Å². The van der Waals surface area contributed by atoms with Crippen molar-refractivity contribution in [3.05, 3.63) is 0 Å². The van der Waals surface area contributed by atoms with Crippen LogP contribution in [-0.4, -0.2) is 40.8 Å². The minimum atomic E-state index is -0.782. The lowest BCUT2D eigenvalue weighted by atomic mass is 9.66. The number of hydrogen-bond donors (Lipinski definition) is 1. The van der Waals surface area contributed by atoms with Gasteiger partial charge in [-0.05, 0) is 51.9 Å². The zero-order valence-electron chi connectivity index (χ0n) is 14.9. The second-order valence-corrected chi connectivity index (χ2v) is 8.24. The molecule has 0 aromatic carbocycles. The average molecular weight is 325 g/mol. The predicted molar refractivity (Wildman–Crippen MR) is 88.2 cm³/mol. The monoisotopic (exact) mass is 325 g/mol. The summed E-state index contributed by atoms with van der Waals surface area (Å²) in [6.45, 7) is 8.47. The Bertz CT molecular complexity index is 448. The standard InChI is InChI=1S/C18H31NO4/c1-5-13-6-8-14(9-7-13)18(15(20)21)10-11-19(12-18)16(22)23-17(2,3)4/h13-14H,5-12H2,1-4H3,(H,20,21). The first-order valence-corrected chi connectivity index (χ1v) is 8.89. The van der Waals surface area contributed by atoms with Gasteiger partial charge in [0.2, 0.25) is 0 Å². The van der Waals surface area contributed by atoms with Crippen molar-refractivity contribution >= 4 is 12.1 Å². The Morgan fingerprint density at radius 1 is 1.22 bits per heavy atom. The minimum absolute atomic E-state index is 0.176. The molecule has 1 saturated heterocycles. The highest BCUT2D eigenvalue weighted by atomic mass is 16.6. The molecule has 5 heteroatoms. The van der Waals surface area contributed by atoms with Crippen LogP contribution in [-0.2, 0) is 9.53 Å². The summed E-state index contributed by atoms with van der Waals surface area (Å²) in [6, 6.07) is 0. The van der Waals surface area contributed by atoms with Crippen molar-refractivity contribution in [3.8, 4) is 0 Å². The Labute approximate surface area is 139 Å². The lowest BCUT2D eigenvalue weighted by Crippen LogP contribution is -2.44. The topological polar surface area (TPSA) is 66.8 Å². The molecule has 2 fully saturated rings. The van der Waals surface area contributed by atoms with Crippen LogP contribution >= 0.6 is 0 Å². The SMILES string of the molecule is CCC1CCC(C2(C(=O)O)CCN(C(=O)OC(C)(C)C)C2)CC1. The number of rotatable bonds is 3. The minimum Gasteiger partial charge on any atom is -0.481 e. The van der Waals surface area contributed by atoms with E-state index in [0.717, 1.165) is 31.6 Å². The highest BCUT2D eigenvalue weighted by Crippen LogP contribution is 2.47. The Morgan fingerprint density at radius 3 is 2.30 bits per heavy atom. The lowest BCUT2D eigenvalue weighted by molar-refractivity contribution is -0.152. The Kier molecular flexibility index (Phi) is 5.27. The number of aliphatic carboxylic acids is 1. The van der Waals surface area contributed by atoms with Gasteiger partial charge in [0.25, 0.3) is 0 Å². The van der Waals surface area contributed by atoms with Crippen LogP contribution in [0.25, 0.3) is 0 Å². The van der Waals surface area contributed by atoms with Gasteiger partial charge >= 0.3 is 12.1 Å². The first-order valence-electron chi connectivity index (χ1n) is 8.89. The van der Waals surface area contributed by atoms with Gasteiger partial charge in [-0.15, -0.1) is 0 Å². The van der Waals surface area contributed by atoms with Crippen LogP contribution < -0.4 is 0 Å². The quantitative estimate of drug-likeness (QED) is 0.854. The van der Waals surface area contributed by atoms with Crippen LogP contribution in [0.5, 0.6) is 0 Å². The molecule has 1 amide bonds. The summed E-state index contributed by atoms with van der Waals surface area (Å²) >= 11 is 0. The summed E-state index contributed by atoms with van der Waals surface area (Å²) in [5.74, 6) is 0.166. The summed E-state index contributed by atoms with van der Waals surface area (Å²) in [5.41, 5.74) is -1.33. The zero-order chi connectivity index (χ0) is 17.3. The third-order valence-corrected chi connectivity index (χ3v) is 5.58. The summed E-state index contributed by atoms with van der Waals surface area (Å²) in [6.07, 6.45) is 5.49. The third-order valence-electron chi connectivity index (χ3n) is 5.58. The largest absolute Gasteiger partial charge is 0.481 e. The molecule has 132 valence electrons. The van der Waals surface area contributed by atoms with E-state index in [0.29, 0.717) is 19.5 Å². The number of ether oxygens (including phenoxy) is 1. The Balaban J connectivity index is 2.06. The van der Waals surface area contributed by atoms with Gasteiger partial charge in [-0.3, -0.25) is 4.79 Å². The number of amides is 1. The molecule has 0 aromatic rings. The fraction of sp³-hybridized carbons (Fsp3) is 0.889. The Morgan fingerprint density at radius 2 is 1.83 bits per heavy atom. The first kappa shape index (κ1) is 18.1. The molecule has 0 spiro atoms. The van der Waals surface area contributed by atoms with Gasteiger partial charge < -0.3 is 14.7 Å². The van der Waals surface area contributed by atoms with E-state index in [-0.39, 0.29) is 12.0 Å². The lowest BCUT2D eigenvalue weighted by Gasteiger charge is -2.38. The summed E-state index contributed by atoms with van der Waals surface area (Å²) in [5, 5.41) is 9.89. The number of nitrogens with zero attached hydrogens (tertiary/aromatic N) is 1. The molecule has 1 saturated carbocycles. The summed E-state index contributed by atoms with van der Waals surface area (Å²) < 4.78 is 5.41. The van der Waals surface area contributed by atoms with Gasteiger partial charge in [0, 0.05) is 13.1 Å². The molecule has 23 heavy (non-hydrogen) atoms. The number of hydrogen-bond acceptors (Lipinski definition) is 3. The molecule has 0 bridgehead atoms. The van der Waals surface area contributed by atoms with Crippen LogP contribution in [0.1, 0.15) is 66.2 Å². The van der Waals surface area contributed by atoms with Crippen molar-refractivity contribution in [2.24, 2.45) is 17.3 Å². The van der Waals surface area contributed by atoms with E-state index in [1.54, 1.807) is 4.90 Å². The number of likely N-dealkylation sites (tertiary alicyclic amines) is 1.